The molecule has 0 unspecified atom stereocenters. The van der Waals surface area contributed by atoms with Crippen LogP contribution in [0.5, 0.6) is 11.5 Å². The predicted molar refractivity (Wildman–Crippen MR) is 276 cm³/mol. The Morgan fingerprint density at radius 2 is 1.70 bits per heavy atom. The highest BCUT2D eigenvalue weighted by molar-refractivity contribution is 7.10. The SMILES string of the molecule is COc1cc2nc(C)nc(N[C@H](C)c3cc(-c4c(OC(C)=O)cccc4C(C)(C)C)cs3)c2cc1C1CCC(C(=O)CCCCC2CCN(C(=O)c3ccc(Cl)c(N4CCC(=O)NC4=O)c3)CC2)CC1. The number of fused-ring (bicyclic) bond motifs is 1. The van der Waals surface area contributed by atoms with Crippen molar-refractivity contribution in [3.63, 3.8) is 0 Å². The van der Waals surface area contributed by atoms with Crippen LogP contribution in [0, 0.1) is 18.8 Å². The molecule has 2 aromatic heterocycles. The molecular formula is C55H65ClN6O7S. The highest BCUT2D eigenvalue weighted by Gasteiger charge is 2.32. The van der Waals surface area contributed by atoms with Crippen molar-refractivity contribution in [1.82, 2.24) is 20.2 Å². The number of unbranched alkanes of at least 4 members (excludes halogenated alkanes) is 1. The summed E-state index contributed by atoms with van der Waals surface area (Å²) < 4.78 is 11.7. The maximum absolute atomic E-state index is 13.6. The Bertz CT molecular complexity index is 2790. The maximum atomic E-state index is 13.6. The van der Waals surface area contributed by atoms with Gasteiger partial charge in [0.05, 0.1) is 29.4 Å². The molecule has 4 heterocycles. The average molecular weight is 990 g/mol. The van der Waals surface area contributed by atoms with Gasteiger partial charge in [-0.2, -0.15) is 0 Å². The molecule has 2 N–H and O–H groups in total. The smallest absolute Gasteiger partial charge is 0.328 e. The minimum atomic E-state index is -0.541. The topological polar surface area (TPSA) is 160 Å². The number of esters is 1. The number of hydrogen-bond acceptors (Lipinski definition) is 11. The summed E-state index contributed by atoms with van der Waals surface area (Å²) in [5.74, 6) is 3.17. The number of ketones is 1. The first-order valence-corrected chi connectivity index (χ1v) is 26.0. The lowest BCUT2D eigenvalue weighted by Crippen LogP contribution is -2.49. The first-order valence-electron chi connectivity index (χ1n) is 24.7. The van der Waals surface area contributed by atoms with Crippen LogP contribution in [0.15, 0.2) is 60.0 Å². The van der Waals surface area contributed by atoms with E-state index in [2.05, 4.69) is 61.9 Å². The number of piperidine rings is 1. The lowest BCUT2D eigenvalue weighted by Gasteiger charge is -2.33. The van der Waals surface area contributed by atoms with Crippen molar-refractivity contribution in [2.75, 3.05) is 37.0 Å². The number of thiophene rings is 1. The number of halogens is 1. The number of aryl methyl sites for hydroxylation is 1. The van der Waals surface area contributed by atoms with Crippen LogP contribution in [0.4, 0.5) is 16.3 Å². The summed E-state index contributed by atoms with van der Waals surface area (Å²) in [5.41, 5.74) is 5.67. The van der Waals surface area contributed by atoms with E-state index in [4.69, 9.17) is 31.0 Å². The second-order valence-electron chi connectivity index (χ2n) is 20.3. The first-order chi connectivity index (χ1) is 33.5. The molecule has 1 aliphatic carbocycles. The molecule has 13 nitrogen and oxygen atoms in total. The van der Waals surface area contributed by atoms with Crippen LogP contribution in [0.1, 0.15) is 149 Å². The van der Waals surface area contributed by atoms with Gasteiger partial charge >= 0.3 is 12.0 Å². The number of hydrogen-bond donors (Lipinski definition) is 2. The van der Waals surface area contributed by atoms with E-state index in [0.717, 1.165) is 107 Å². The van der Waals surface area contributed by atoms with Crippen LogP contribution >= 0.6 is 22.9 Å². The minimum absolute atomic E-state index is 0.0670. The van der Waals surface area contributed by atoms with Crippen LogP contribution < -0.4 is 25.0 Å². The van der Waals surface area contributed by atoms with E-state index >= 15 is 0 Å². The number of benzene rings is 3. The summed E-state index contributed by atoms with van der Waals surface area (Å²) in [4.78, 5) is 77.4. The number of anilines is 2. The molecule has 3 aromatic carbocycles. The number of imide groups is 1. The third-order valence-electron chi connectivity index (χ3n) is 14.3. The Morgan fingerprint density at radius 1 is 0.943 bits per heavy atom. The number of carbonyl (C=O) groups excluding carboxylic acids is 5. The molecule has 1 saturated carbocycles. The fourth-order valence-electron chi connectivity index (χ4n) is 10.5. The van der Waals surface area contributed by atoms with Gasteiger partial charge < -0.3 is 19.7 Å². The monoisotopic (exact) mass is 988 g/mol. The van der Waals surface area contributed by atoms with E-state index in [0.29, 0.717) is 59.1 Å². The summed E-state index contributed by atoms with van der Waals surface area (Å²) >= 11 is 8.07. The van der Waals surface area contributed by atoms with Crippen molar-refractivity contribution >= 4 is 74.9 Å². The van der Waals surface area contributed by atoms with Crippen LogP contribution in [-0.4, -0.2) is 71.2 Å². The Labute approximate surface area is 420 Å². The van der Waals surface area contributed by atoms with E-state index in [1.807, 2.05) is 30.0 Å². The molecular weight excluding hydrogens is 924 g/mol. The zero-order valence-corrected chi connectivity index (χ0v) is 43.0. The molecule has 3 aliphatic rings. The number of aromatic nitrogens is 2. The number of likely N-dealkylation sites (tertiary alicyclic amines) is 1. The zero-order valence-electron chi connectivity index (χ0n) is 41.4. The van der Waals surface area contributed by atoms with Gasteiger partial charge in [-0.25, -0.2) is 14.8 Å². The van der Waals surface area contributed by atoms with Crippen molar-refractivity contribution in [2.45, 2.75) is 130 Å². The number of ether oxygens (including phenoxy) is 2. The van der Waals surface area contributed by atoms with E-state index in [9.17, 15) is 24.0 Å². The molecule has 2 saturated heterocycles. The largest absolute Gasteiger partial charge is 0.496 e. The Hall–Kier alpha value is -5.86. The quantitative estimate of drug-likeness (QED) is 0.0587. The molecule has 8 rings (SSSR count). The number of nitrogens with zero attached hydrogens (tertiary/aromatic N) is 4. The third-order valence-corrected chi connectivity index (χ3v) is 15.7. The number of Topliss-reactive ketones (excluding diaryl/α,β-unsaturated/α-hetero) is 1. The molecule has 5 aromatic rings. The zero-order chi connectivity index (χ0) is 49.9. The van der Waals surface area contributed by atoms with E-state index in [1.54, 1.807) is 36.6 Å². The van der Waals surface area contributed by atoms with E-state index in [-0.39, 0.29) is 54.0 Å². The predicted octanol–water partition coefficient (Wildman–Crippen LogP) is 12.1. The number of rotatable bonds is 15. The lowest BCUT2D eigenvalue weighted by molar-refractivity contribution is -0.132. The highest BCUT2D eigenvalue weighted by Crippen LogP contribution is 2.45. The lowest BCUT2D eigenvalue weighted by atomic mass is 9.76. The molecule has 0 radical (unpaired) electrons. The van der Waals surface area contributed by atoms with Gasteiger partial charge in [0.2, 0.25) is 5.91 Å². The van der Waals surface area contributed by atoms with E-state index < -0.39 is 6.03 Å². The number of nitrogens with one attached hydrogen (secondary N) is 2. The molecule has 2 aliphatic heterocycles. The van der Waals surface area contributed by atoms with Gasteiger partial charge in [0.15, 0.2) is 0 Å². The number of amides is 4. The van der Waals surface area contributed by atoms with Crippen LogP contribution in [0.3, 0.4) is 0 Å². The van der Waals surface area contributed by atoms with Gasteiger partial charge in [-0.15, -0.1) is 11.3 Å². The van der Waals surface area contributed by atoms with Gasteiger partial charge in [-0.05, 0) is 135 Å². The second-order valence-corrected chi connectivity index (χ2v) is 21.6. The average Bonchev–Trinajstić information content (AvgIpc) is 3.83. The minimum Gasteiger partial charge on any atom is -0.496 e. The van der Waals surface area contributed by atoms with Crippen LogP contribution in [-0.2, 0) is 19.8 Å². The highest BCUT2D eigenvalue weighted by atomic mass is 35.5. The van der Waals surface area contributed by atoms with Crippen molar-refractivity contribution < 1.29 is 33.4 Å². The van der Waals surface area contributed by atoms with Gasteiger partial charge in [0, 0.05) is 72.8 Å². The molecule has 4 amide bonds. The Balaban J connectivity index is 0.836. The van der Waals surface area contributed by atoms with Gasteiger partial charge in [0.25, 0.3) is 5.91 Å². The van der Waals surface area contributed by atoms with Crippen molar-refractivity contribution in [3.05, 3.63) is 92.4 Å². The molecule has 1 atom stereocenters. The number of carbonyl (C=O) groups is 5. The molecule has 3 fully saturated rings. The summed E-state index contributed by atoms with van der Waals surface area (Å²) in [5, 5.41) is 9.42. The maximum Gasteiger partial charge on any atom is 0.328 e. The molecule has 0 spiro atoms. The molecule has 70 heavy (non-hydrogen) atoms. The third kappa shape index (κ3) is 11.5. The molecule has 0 bridgehead atoms. The molecule has 15 heteroatoms. The fraction of sp³-hybridized carbons (Fsp3) is 0.473. The van der Waals surface area contributed by atoms with Crippen LogP contribution in [0.2, 0.25) is 5.02 Å². The first kappa shape index (κ1) is 50.5. The van der Waals surface area contributed by atoms with Crippen molar-refractivity contribution in [3.8, 4) is 22.6 Å². The van der Waals surface area contributed by atoms with Crippen molar-refractivity contribution in [2.24, 2.45) is 11.8 Å². The second kappa shape index (κ2) is 21.6. The summed E-state index contributed by atoms with van der Waals surface area (Å²) in [7, 11) is 1.71. The van der Waals surface area contributed by atoms with Gasteiger partial charge in [-0.1, -0.05) is 57.3 Å². The standard InChI is InChI=1S/C55H65ClN6O7S/c1-32(49-28-39(31-70-49)51-42(55(4,5)6)12-10-14-47(51)69-34(3)63)57-52-41-29-40(48(68-7)30-44(41)58-33(2)59-52)36-15-17-37(18-16-36)46(64)13-9-8-11-35-21-24-61(25-22-35)53(66)38-19-20-43(56)45(27-38)62-26-23-50(65)60-54(62)67/h10,12,14,19-20,27-32,35-37H,8-9,11,13,15-18,21-26H2,1-7H3,(H,57,58,59)(H,60,65,67)/t32-,36?,37?/m1/s1. The summed E-state index contributed by atoms with van der Waals surface area (Å²) in [6.07, 6.45) is 8.98. The summed E-state index contributed by atoms with van der Waals surface area (Å²) in [6, 6.07) is 16.6. The van der Waals surface area contributed by atoms with E-state index in [1.165, 1.54) is 11.8 Å². The Morgan fingerprint density at radius 3 is 2.40 bits per heavy atom. The number of methoxy groups -OCH3 is 1. The van der Waals surface area contributed by atoms with Crippen LogP contribution in [0.25, 0.3) is 22.0 Å². The normalized spacial score (nSPS) is 18.4. The van der Waals surface area contributed by atoms with Gasteiger partial charge in [-0.3, -0.25) is 29.4 Å². The molecule has 370 valence electrons. The fourth-order valence-corrected chi connectivity index (χ4v) is 11.6. The van der Waals surface area contributed by atoms with Crippen molar-refractivity contribution in [1.29, 1.82) is 0 Å². The Kier molecular flexibility index (Phi) is 15.6. The number of urea groups is 1. The van der Waals surface area contributed by atoms with Gasteiger partial charge in [0.1, 0.15) is 28.9 Å². The summed E-state index contributed by atoms with van der Waals surface area (Å²) in [6.45, 7) is 13.5.